The second-order valence-corrected chi connectivity index (χ2v) is 4.60. The molecule has 1 rings (SSSR count). The molecule has 1 unspecified atom stereocenters. The van der Waals surface area contributed by atoms with Crippen LogP contribution in [0.1, 0.15) is 26.7 Å². The number of amides is 1. The number of carbonyl (C=O) groups is 1. The fourth-order valence-electron chi connectivity index (χ4n) is 2.19. The Hall–Kier alpha value is -0.610. The van der Waals surface area contributed by atoms with Crippen molar-refractivity contribution in [2.45, 2.75) is 32.7 Å². The highest BCUT2D eigenvalue weighted by atomic mass is 16.3. The Bertz CT molecular complexity index is 219. The zero-order valence-corrected chi connectivity index (χ0v) is 9.65. The van der Waals surface area contributed by atoms with Gasteiger partial charge in [0.05, 0.1) is 18.6 Å². The van der Waals surface area contributed by atoms with Crippen LogP contribution in [0.4, 0.5) is 0 Å². The summed E-state index contributed by atoms with van der Waals surface area (Å²) in [4.78, 5) is 13.9. The lowest BCUT2D eigenvalue weighted by molar-refractivity contribution is -0.138. The van der Waals surface area contributed by atoms with Crippen LogP contribution in [0.2, 0.25) is 0 Å². The van der Waals surface area contributed by atoms with Gasteiger partial charge in [0.2, 0.25) is 5.91 Å². The van der Waals surface area contributed by atoms with E-state index >= 15 is 0 Å². The zero-order valence-electron chi connectivity index (χ0n) is 9.65. The molecule has 0 aromatic heterocycles. The van der Waals surface area contributed by atoms with Crippen molar-refractivity contribution in [1.29, 1.82) is 0 Å². The normalized spacial score (nSPS) is 23.5. The van der Waals surface area contributed by atoms with Gasteiger partial charge in [0, 0.05) is 13.1 Å². The van der Waals surface area contributed by atoms with Crippen LogP contribution in [0.3, 0.4) is 0 Å². The first-order valence-corrected chi connectivity index (χ1v) is 5.73. The van der Waals surface area contributed by atoms with Crippen LogP contribution in [0.15, 0.2) is 0 Å². The molecule has 1 saturated heterocycles. The number of likely N-dealkylation sites (tertiary alicyclic amines) is 1. The van der Waals surface area contributed by atoms with Gasteiger partial charge in [-0.3, -0.25) is 4.79 Å². The summed E-state index contributed by atoms with van der Waals surface area (Å²) in [6.07, 6.45) is 1.91. The van der Waals surface area contributed by atoms with Crippen molar-refractivity contribution in [3.05, 3.63) is 0 Å². The second kappa shape index (κ2) is 5.47. The van der Waals surface area contributed by atoms with E-state index in [1.165, 1.54) is 0 Å². The molecule has 88 valence electrons. The van der Waals surface area contributed by atoms with Crippen molar-refractivity contribution in [1.82, 2.24) is 4.90 Å². The number of aliphatic hydroxyl groups excluding tert-OH is 1. The Labute approximate surface area is 91.4 Å². The van der Waals surface area contributed by atoms with E-state index in [-0.39, 0.29) is 30.4 Å². The highest BCUT2D eigenvalue weighted by molar-refractivity contribution is 5.80. The summed E-state index contributed by atoms with van der Waals surface area (Å²) in [5, 5.41) is 9.15. The predicted molar refractivity (Wildman–Crippen MR) is 59.2 cm³/mol. The van der Waals surface area contributed by atoms with Gasteiger partial charge in [-0.25, -0.2) is 0 Å². The molecule has 1 heterocycles. The summed E-state index contributed by atoms with van der Waals surface area (Å²) in [6, 6.07) is 0.0188. The van der Waals surface area contributed by atoms with Crippen LogP contribution >= 0.6 is 0 Å². The second-order valence-electron chi connectivity index (χ2n) is 4.60. The minimum atomic E-state index is -0.0999. The van der Waals surface area contributed by atoms with E-state index < -0.39 is 0 Å². The van der Waals surface area contributed by atoms with E-state index in [4.69, 9.17) is 10.8 Å². The highest BCUT2D eigenvalue weighted by Crippen LogP contribution is 2.22. The molecule has 1 fully saturated rings. The maximum Gasteiger partial charge on any atom is 0.227 e. The van der Waals surface area contributed by atoms with E-state index in [2.05, 4.69) is 0 Å². The molecular weight excluding hydrogens is 192 g/mol. The molecule has 1 aliphatic rings. The minimum Gasteiger partial charge on any atom is -0.394 e. The molecule has 0 bridgehead atoms. The summed E-state index contributed by atoms with van der Waals surface area (Å²) in [7, 11) is 0. The topological polar surface area (TPSA) is 66.6 Å². The van der Waals surface area contributed by atoms with Gasteiger partial charge >= 0.3 is 0 Å². The number of rotatable bonds is 4. The first-order chi connectivity index (χ1) is 7.11. The van der Waals surface area contributed by atoms with E-state index in [0.717, 1.165) is 19.4 Å². The summed E-state index contributed by atoms with van der Waals surface area (Å²) in [6.45, 7) is 5.26. The molecule has 1 amide bonds. The number of aliphatic hydroxyl groups is 1. The lowest BCUT2D eigenvalue weighted by Gasteiger charge is -2.29. The quantitative estimate of drug-likeness (QED) is 0.702. The fraction of sp³-hybridized carbons (Fsp3) is 0.909. The standard InChI is InChI=1S/C11H22N2O2/c1-8(2)10(6-12)11(15)13-5-3-4-9(13)7-14/h8-10,14H,3-7,12H2,1-2H3/t9-,10?/m1/s1. The summed E-state index contributed by atoms with van der Waals surface area (Å²) in [5.74, 6) is 0.281. The molecule has 3 N–H and O–H groups in total. The predicted octanol–water partition coefficient (Wildman–Crippen LogP) is 0.201. The van der Waals surface area contributed by atoms with E-state index in [9.17, 15) is 4.79 Å². The van der Waals surface area contributed by atoms with E-state index in [1.54, 1.807) is 4.90 Å². The zero-order chi connectivity index (χ0) is 11.4. The van der Waals surface area contributed by atoms with Crippen LogP contribution in [0, 0.1) is 11.8 Å². The van der Waals surface area contributed by atoms with Crippen LogP contribution in [0.5, 0.6) is 0 Å². The van der Waals surface area contributed by atoms with Gasteiger partial charge in [-0.1, -0.05) is 13.8 Å². The largest absolute Gasteiger partial charge is 0.394 e. The van der Waals surface area contributed by atoms with Crippen LogP contribution in [-0.4, -0.2) is 41.7 Å². The molecule has 0 radical (unpaired) electrons. The molecule has 4 nitrogen and oxygen atoms in total. The lowest BCUT2D eigenvalue weighted by Crippen LogP contribution is -2.45. The number of carbonyl (C=O) groups excluding carboxylic acids is 1. The van der Waals surface area contributed by atoms with Crippen molar-refractivity contribution in [2.75, 3.05) is 19.7 Å². The van der Waals surface area contributed by atoms with Gasteiger partial charge in [0.1, 0.15) is 0 Å². The van der Waals surface area contributed by atoms with Crippen molar-refractivity contribution < 1.29 is 9.90 Å². The first kappa shape index (κ1) is 12.5. The minimum absolute atomic E-state index is 0.0188. The monoisotopic (exact) mass is 214 g/mol. The number of nitrogens with zero attached hydrogens (tertiary/aromatic N) is 1. The Morgan fingerprint density at radius 3 is 2.73 bits per heavy atom. The van der Waals surface area contributed by atoms with Crippen molar-refractivity contribution >= 4 is 5.91 Å². The number of hydrogen-bond donors (Lipinski definition) is 2. The lowest BCUT2D eigenvalue weighted by atomic mass is 9.94. The van der Waals surface area contributed by atoms with Gasteiger partial charge in [-0.05, 0) is 18.8 Å². The van der Waals surface area contributed by atoms with Crippen molar-refractivity contribution in [2.24, 2.45) is 17.6 Å². The third-order valence-electron chi connectivity index (χ3n) is 3.25. The average molecular weight is 214 g/mol. The third-order valence-corrected chi connectivity index (χ3v) is 3.25. The summed E-state index contributed by atoms with van der Waals surface area (Å²) >= 11 is 0. The molecule has 2 atom stereocenters. The highest BCUT2D eigenvalue weighted by Gasteiger charge is 2.33. The first-order valence-electron chi connectivity index (χ1n) is 5.73. The van der Waals surface area contributed by atoms with Gasteiger partial charge in [0.15, 0.2) is 0 Å². The Morgan fingerprint density at radius 2 is 2.27 bits per heavy atom. The molecule has 0 aromatic rings. The smallest absolute Gasteiger partial charge is 0.227 e. The fourth-order valence-corrected chi connectivity index (χ4v) is 2.19. The van der Waals surface area contributed by atoms with Gasteiger partial charge in [-0.15, -0.1) is 0 Å². The third kappa shape index (κ3) is 2.69. The molecule has 0 spiro atoms. The van der Waals surface area contributed by atoms with Crippen LogP contribution < -0.4 is 5.73 Å². The molecule has 0 saturated carbocycles. The molecule has 1 aliphatic heterocycles. The maximum absolute atomic E-state index is 12.1. The summed E-state index contributed by atoms with van der Waals surface area (Å²) in [5.41, 5.74) is 5.62. The molecule has 15 heavy (non-hydrogen) atoms. The Kier molecular flexibility index (Phi) is 4.54. The molecule has 0 aliphatic carbocycles. The summed E-state index contributed by atoms with van der Waals surface area (Å²) < 4.78 is 0. The van der Waals surface area contributed by atoms with Crippen LogP contribution in [-0.2, 0) is 4.79 Å². The van der Waals surface area contributed by atoms with Crippen LogP contribution in [0.25, 0.3) is 0 Å². The van der Waals surface area contributed by atoms with Crippen molar-refractivity contribution in [3.63, 3.8) is 0 Å². The Balaban J connectivity index is 2.65. The van der Waals surface area contributed by atoms with Gasteiger partial charge < -0.3 is 15.7 Å². The number of nitrogens with two attached hydrogens (primary N) is 1. The van der Waals surface area contributed by atoms with E-state index in [1.807, 2.05) is 13.8 Å². The SMILES string of the molecule is CC(C)C(CN)C(=O)N1CCC[C@@H]1CO. The Morgan fingerprint density at radius 1 is 1.60 bits per heavy atom. The molecular formula is C11H22N2O2. The van der Waals surface area contributed by atoms with Gasteiger partial charge in [0.25, 0.3) is 0 Å². The average Bonchev–Trinajstić information content (AvgIpc) is 2.65. The maximum atomic E-state index is 12.1. The number of hydrogen-bond acceptors (Lipinski definition) is 3. The van der Waals surface area contributed by atoms with Gasteiger partial charge in [-0.2, -0.15) is 0 Å². The van der Waals surface area contributed by atoms with E-state index in [0.29, 0.717) is 6.54 Å². The van der Waals surface area contributed by atoms with Crippen molar-refractivity contribution in [3.8, 4) is 0 Å². The molecule has 0 aromatic carbocycles. The molecule has 4 heteroatoms.